The molecule has 0 saturated carbocycles. The predicted octanol–water partition coefficient (Wildman–Crippen LogP) is 2.97. The second-order valence-electron chi connectivity index (χ2n) is 6.88. The van der Waals surface area contributed by atoms with Gasteiger partial charge in [-0.15, -0.1) is 24.0 Å². The van der Waals surface area contributed by atoms with E-state index >= 15 is 0 Å². The number of hydrogen-bond acceptors (Lipinski definition) is 5. The molecule has 0 radical (unpaired) electrons. The zero-order valence-corrected chi connectivity index (χ0v) is 19.8. The van der Waals surface area contributed by atoms with Gasteiger partial charge in [0.05, 0.1) is 14.2 Å². The molecule has 1 saturated heterocycles. The number of carbonyl (C=O) groups excluding carboxylic acids is 1. The highest BCUT2D eigenvalue weighted by Crippen LogP contribution is 2.33. The average Bonchev–Trinajstić information content (AvgIpc) is 3.40. The molecule has 3 rings (SSSR count). The summed E-state index contributed by atoms with van der Waals surface area (Å²) in [6.07, 6.45) is 1.01. The molecule has 2 aromatic rings. The molecular weight excluding hydrogens is 499 g/mol. The van der Waals surface area contributed by atoms with Crippen molar-refractivity contribution >= 4 is 35.8 Å². The number of likely N-dealkylation sites (tertiary alicyclic amines) is 1. The van der Waals surface area contributed by atoms with Gasteiger partial charge in [0.25, 0.3) is 5.91 Å². The van der Waals surface area contributed by atoms with Crippen LogP contribution in [0.5, 0.6) is 11.5 Å². The number of carbonyl (C=O) groups is 1. The van der Waals surface area contributed by atoms with E-state index in [0.717, 1.165) is 43.5 Å². The van der Waals surface area contributed by atoms with E-state index in [2.05, 4.69) is 27.3 Å². The molecule has 0 spiro atoms. The third kappa shape index (κ3) is 5.80. The smallest absolute Gasteiger partial charge is 0.284 e. The van der Waals surface area contributed by atoms with E-state index < -0.39 is 5.91 Å². The Morgan fingerprint density at radius 3 is 2.53 bits per heavy atom. The zero-order chi connectivity index (χ0) is 20.8. The number of amides is 1. The third-order valence-electron chi connectivity index (χ3n) is 4.96. The molecule has 2 heterocycles. The van der Waals surface area contributed by atoms with Crippen LogP contribution < -0.4 is 20.5 Å². The lowest BCUT2D eigenvalue weighted by Gasteiger charge is -2.22. The first-order chi connectivity index (χ1) is 14.0. The molecule has 164 valence electrons. The summed E-state index contributed by atoms with van der Waals surface area (Å²) in [6.45, 7) is 4.86. The van der Waals surface area contributed by atoms with E-state index in [9.17, 15) is 4.79 Å². The number of ether oxygens (including phenoxy) is 2. The van der Waals surface area contributed by atoms with Gasteiger partial charge in [0.1, 0.15) is 23.8 Å². The Labute approximate surface area is 193 Å². The Morgan fingerprint density at radius 2 is 1.97 bits per heavy atom. The summed E-state index contributed by atoms with van der Waals surface area (Å²) in [6, 6.07) is 9.31. The zero-order valence-electron chi connectivity index (χ0n) is 17.5. The van der Waals surface area contributed by atoms with Crippen LogP contribution in [-0.2, 0) is 6.54 Å². The molecule has 1 aliphatic heterocycles. The molecule has 9 heteroatoms. The number of nitrogens with one attached hydrogen (secondary N) is 1. The van der Waals surface area contributed by atoms with E-state index in [-0.39, 0.29) is 29.7 Å². The monoisotopic (exact) mass is 528 g/mol. The summed E-state index contributed by atoms with van der Waals surface area (Å²) in [5, 5.41) is 3.33. The Bertz CT molecular complexity index is 861. The average molecular weight is 528 g/mol. The van der Waals surface area contributed by atoms with Crippen LogP contribution in [0, 0.1) is 0 Å². The number of guanidine groups is 1. The molecule has 1 aromatic heterocycles. The highest BCUT2D eigenvalue weighted by atomic mass is 127. The Hall–Kier alpha value is -2.43. The van der Waals surface area contributed by atoms with E-state index in [4.69, 9.17) is 19.6 Å². The molecule has 0 bridgehead atoms. The topological polar surface area (TPSA) is 102 Å². The molecule has 8 nitrogen and oxygen atoms in total. The minimum Gasteiger partial charge on any atom is -0.497 e. The lowest BCUT2D eigenvalue weighted by molar-refractivity contribution is 0.0972. The largest absolute Gasteiger partial charge is 0.497 e. The van der Waals surface area contributed by atoms with Crippen molar-refractivity contribution in [2.75, 3.05) is 33.9 Å². The molecule has 3 N–H and O–H groups in total. The van der Waals surface area contributed by atoms with Gasteiger partial charge >= 0.3 is 0 Å². The number of halogens is 1. The lowest BCUT2D eigenvalue weighted by Crippen LogP contribution is -2.40. The van der Waals surface area contributed by atoms with Crippen LogP contribution >= 0.6 is 24.0 Å². The van der Waals surface area contributed by atoms with Crippen molar-refractivity contribution < 1.29 is 18.7 Å². The summed E-state index contributed by atoms with van der Waals surface area (Å²) >= 11 is 0. The maximum atomic E-state index is 11.2. The molecule has 1 aromatic carbocycles. The molecule has 1 aliphatic rings. The second kappa shape index (κ2) is 11.1. The van der Waals surface area contributed by atoms with Gasteiger partial charge in [0, 0.05) is 31.6 Å². The number of nitrogens with two attached hydrogens (primary N) is 1. The maximum absolute atomic E-state index is 11.2. The Balaban J connectivity index is 0.00000320. The van der Waals surface area contributed by atoms with Crippen molar-refractivity contribution in [3.63, 3.8) is 0 Å². The molecule has 30 heavy (non-hydrogen) atoms. The standard InChI is InChI=1S/C21H28N4O4.HI/c1-4-23-21(24-12-16-5-6-19(29-16)20(22)26)25-8-7-14(13-25)15-9-17(27-2)11-18(10-15)28-3;/h5-6,9-11,14H,4,7-8,12-13H2,1-3H3,(H2,22,26)(H,23,24);1H. The van der Waals surface area contributed by atoms with Crippen LogP contribution in [0.4, 0.5) is 0 Å². The normalized spacial score (nSPS) is 16.2. The van der Waals surface area contributed by atoms with E-state index in [1.807, 2.05) is 13.0 Å². The minimum absolute atomic E-state index is 0. The van der Waals surface area contributed by atoms with Gasteiger partial charge in [0.15, 0.2) is 11.7 Å². The summed E-state index contributed by atoms with van der Waals surface area (Å²) < 4.78 is 16.2. The number of furan rings is 1. The van der Waals surface area contributed by atoms with Crippen LogP contribution in [0.3, 0.4) is 0 Å². The summed E-state index contributed by atoms with van der Waals surface area (Å²) in [5.74, 6) is 2.93. The van der Waals surface area contributed by atoms with Crippen molar-refractivity contribution in [3.05, 3.63) is 47.4 Å². The predicted molar refractivity (Wildman–Crippen MR) is 126 cm³/mol. The Kier molecular flexibility index (Phi) is 8.82. The summed E-state index contributed by atoms with van der Waals surface area (Å²) in [4.78, 5) is 18.1. The highest BCUT2D eigenvalue weighted by molar-refractivity contribution is 14.0. The van der Waals surface area contributed by atoms with Gasteiger partial charge in [-0.05, 0) is 43.2 Å². The van der Waals surface area contributed by atoms with Crippen LogP contribution in [0.2, 0.25) is 0 Å². The van der Waals surface area contributed by atoms with Crippen molar-refractivity contribution in [2.45, 2.75) is 25.8 Å². The fourth-order valence-electron chi connectivity index (χ4n) is 3.46. The van der Waals surface area contributed by atoms with E-state index in [1.165, 1.54) is 5.56 Å². The minimum atomic E-state index is -0.580. The fraction of sp³-hybridized carbons (Fsp3) is 0.429. The van der Waals surface area contributed by atoms with Gasteiger partial charge in [0.2, 0.25) is 0 Å². The van der Waals surface area contributed by atoms with Crippen molar-refractivity contribution in [1.29, 1.82) is 0 Å². The maximum Gasteiger partial charge on any atom is 0.284 e. The molecule has 0 aliphatic carbocycles. The molecular formula is C21H29IN4O4. The quantitative estimate of drug-likeness (QED) is 0.326. The first-order valence-corrected chi connectivity index (χ1v) is 9.68. The van der Waals surface area contributed by atoms with Gasteiger partial charge in [-0.25, -0.2) is 4.99 Å². The van der Waals surface area contributed by atoms with Crippen molar-refractivity contribution in [1.82, 2.24) is 10.2 Å². The molecule has 1 unspecified atom stereocenters. The Morgan fingerprint density at radius 1 is 1.27 bits per heavy atom. The van der Waals surface area contributed by atoms with Gasteiger partial charge in [-0.1, -0.05) is 0 Å². The van der Waals surface area contributed by atoms with Crippen LogP contribution in [-0.4, -0.2) is 50.6 Å². The number of benzene rings is 1. The number of primary amides is 1. The van der Waals surface area contributed by atoms with Crippen molar-refractivity contribution in [2.24, 2.45) is 10.7 Å². The number of rotatable bonds is 7. The number of nitrogens with zero attached hydrogens (tertiary/aromatic N) is 2. The number of methoxy groups -OCH3 is 2. The molecule has 1 atom stereocenters. The SMILES string of the molecule is CCNC(=NCc1ccc(C(N)=O)o1)N1CCC(c2cc(OC)cc(OC)c2)C1.I. The summed E-state index contributed by atoms with van der Waals surface area (Å²) in [7, 11) is 3.32. The van der Waals surface area contributed by atoms with Crippen LogP contribution in [0.1, 0.15) is 41.1 Å². The second-order valence-corrected chi connectivity index (χ2v) is 6.88. The van der Waals surface area contributed by atoms with Crippen LogP contribution in [0.25, 0.3) is 0 Å². The number of aliphatic imine (C=N–C) groups is 1. The third-order valence-corrected chi connectivity index (χ3v) is 4.96. The first kappa shape index (κ1) is 23.8. The molecule has 1 fully saturated rings. The number of hydrogen-bond donors (Lipinski definition) is 2. The first-order valence-electron chi connectivity index (χ1n) is 9.68. The van der Waals surface area contributed by atoms with Gasteiger partial charge in [-0.3, -0.25) is 4.79 Å². The highest BCUT2D eigenvalue weighted by Gasteiger charge is 2.27. The van der Waals surface area contributed by atoms with Crippen molar-refractivity contribution in [3.8, 4) is 11.5 Å². The fourth-order valence-corrected chi connectivity index (χ4v) is 3.46. The van der Waals surface area contributed by atoms with E-state index in [0.29, 0.717) is 18.2 Å². The lowest BCUT2D eigenvalue weighted by atomic mass is 9.98. The van der Waals surface area contributed by atoms with Gasteiger partial charge in [-0.2, -0.15) is 0 Å². The van der Waals surface area contributed by atoms with Crippen LogP contribution in [0.15, 0.2) is 39.7 Å². The summed E-state index contributed by atoms with van der Waals surface area (Å²) in [5.41, 5.74) is 6.43. The molecule has 1 amide bonds. The van der Waals surface area contributed by atoms with Gasteiger partial charge < -0.3 is 29.8 Å². The van der Waals surface area contributed by atoms with E-state index in [1.54, 1.807) is 26.4 Å².